The average Bonchev–Trinajstić information content (AvgIpc) is 3.57. The number of aromatic amines is 1. The van der Waals surface area contributed by atoms with Gasteiger partial charge in [0.05, 0.1) is 23.5 Å². The van der Waals surface area contributed by atoms with Crippen LogP contribution in [-0.2, 0) is 4.79 Å². The van der Waals surface area contributed by atoms with Gasteiger partial charge in [-0.15, -0.1) is 0 Å². The minimum atomic E-state index is -0.994. The van der Waals surface area contributed by atoms with Crippen LogP contribution < -0.4 is 10.1 Å². The highest BCUT2D eigenvalue weighted by Crippen LogP contribution is 2.40. The third-order valence-electron chi connectivity index (χ3n) is 7.01. The number of nitrogens with one attached hydrogen (secondary N) is 2. The van der Waals surface area contributed by atoms with Crippen molar-refractivity contribution in [2.45, 2.75) is 31.0 Å². The molecule has 5 rings (SSSR count). The van der Waals surface area contributed by atoms with Crippen LogP contribution in [0.3, 0.4) is 0 Å². The van der Waals surface area contributed by atoms with E-state index >= 15 is 0 Å². The summed E-state index contributed by atoms with van der Waals surface area (Å²) in [6.07, 6.45) is 0.669. The van der Waals surface area contributed by atoms with Gasteiger partial charge in [-0.25, -0.2) is 9.78 Å². The summed E-state index contributed by atoms with van der Waals surface area (Å²) >= 11 is 8.71. The molecule has 212 valence electrons. The Balaban J connectivity index is 1.46. The van der Waals surface area contributed by atoms with Gasteiger partial charge in [0.15, 0.2) is 0 Å². The number of hydrogen-bond donors (Lipinski definition) is 4. The molecular weight excluding hydrogens is 659 g/mol. The molecule has 1 fully saturated rings. The van der Waals surface area contributed by atoms with E-state index in [9.17, 15) is 14.7 Å². The Hall–Kier alpha value is -3.45. The highest BCUT2D eigenvalue weighted by Gasteiger charge is 2.46. The molecule has 41 heavy (non-hydrogen) atoms. The molecule has 3 aromatic carbocycles. The van der Waals surface area contributed by atoms with Gasteiger partial charge in [-0.2, -0.15) is 0 Å². The van der Waals surface area contributed by atoms with Crippen molar-refractivity contribution in [3.05, 3.63) is 105 Å². The monoisotopic (exact) mass is 686 g/mol. The Kier molecular flexibility index (Phi) is 8.93. The number of nitrogens with zero attached hydrogens (tertiary/aromatic N) is 2. The molecule has 4 aromatic rings. The van der Waals surface area contributed by atoms with E-state index in [4.69, 9.17) is 21.4 Å². The molecule has 3 amide bonds. The standard InChI is InChI=1S/C30H28ClIN4O5/c1-17(18-5-3-2-4-6-18)27(28-33-14-25(34-28)23-12-9-20(32)13-24(23)31)36-29(39)26(35-30(36)40)19-7-10-22(11-8-19)41-16-21(38)15-37/h2-14,17,21,26-27,37-38H,15-16H2,1H3,(H,33,34)(H,35,40)/t17-,21-,26+,27-/m0/s1. The number of hydrogen-bond acceptors (Lipinski definition) is 6. The van der Waals surface area contributed by atoms with Crippen molar-refractivity contribution in [2.24, 2.45) is 0 Å². The molecule has 0 aliphatic carbocycles. The van der Waals surface area contributed by atoms with Crippen LogP contribution in [0, 0.1) is 3.57 Å². The van der Waals surface area contributed by atoms with Crippen molar-refractivity contribution in [2.75, 3.05) is 13.2 Å². The maximum atomic E-state index is 13.9. The van der Waals surface area contributed by atoms with Crippen molar-refractivity contribution in [1.82, 2.24) is 20.2 Å². The van der Waals surface area contributed by atoms with Crippen LogP contribution >= 0.6 is 34.2 Å². The van der Waals surface area contributed by atoms with Crippen LogP contribution in [0.2, 0.25) is 5.02 Å². The van der Waals surface area contributed by atoms with Gasteiger partial charge in [0.1, 0.15) is 36.4 Å². The van der Waals surface area contributed by atoms with Crippen molar-refractivity contribution in [3.63, 3.8) is 0 Å². The fourth-order valence-electron chi connectivity index (χ4n) is 4.84. The quantitative estimate of drug-likeness (QED) is 0.134. The van der Waals surface area contributed by atoms with E-state index in [1.54, 1.807) is 30.5 Å². The number of imidazole rings is 1. The number of aromatic nitrogens is 2. The van der Waals surface area contributed by atoms with Gasteiger partial charge < -0.3 is 25.3 Å². The number of aliphatic hydroxyl groups is 2. The van der Waals surface area contributed by atoms with E-state index in [0.29, 0.717) is 27.9 Å². The summed E-state index contributed by atoms with van der Waals surface area (Å²) in [6.45, 7) is 1.48. The second kappa shape index (κ2) is 12.6. The molecule has 0 unspecified atom stereocenters. The van der Waals surface area contributed by atoms with Crippen LogP contribution in [0.4, 0.5) is 4.79 Å². The van der Waals surface area contributed by atoms with E-state index in [1.807, 2.05) is 55.5 Å². The van der Waals surface area contributed by atoms with Gasteiger partial charge in [-0.3, -0.25) is 9.69 Å². The fraction of sp³-hybridized carbons (Fsp3) is 0.233. The molecule has 1 aliphatic rings. The first-order valence-electron chi connectivity index (χ1n) is 13.0. The fourth-order valence-corrected chi connectivity index (χ4v) is 5.80. The molecule has 4 N–H and O–H groups in total. The van der Waals surface area contributed by atoms with Crippen LogP contribution in [-0.4, -0.2) is 56.3 Å². The molecule has 4 atom stereocenters. The van der Waals surface area contributed by atoms with Crippen molar-refractivity contribution in [1.29, 1.82) is 0 Å². The minimum Gasteiger partial charge on any atom is -0.491 e. The molecule has 9 nitrogen and oxygen atoms in total. The van der Waals surface area contributed by atoms with Crippen LogP contribution in [0.5, 0.6) is 5.75 Å². The Bertz CT molecular complexity index is 1530. The van der Waals surface area contributed by atoms with Crippen molar-refractivity contribution < 1.29 is 24.5 Å². The van der Waals surface area contributed by atoms with Gasteiger partial charge in [0.25, 0.3) is 5.91 Å². The second-order valence-electron chi connectivity index (χ2n) is 9.76. The summed E-state index contributed by atoms with van der Waals surface area (Å²) in [5.41, 5.74) is 2.97. The molecule has 0 saturated carbocycles. The number of amides is 3. The van der Waals surface area contributed by atoms with Crippen LogP contribution in [0.1, 0.15) is 41.9 Å². The molecule has 11 heteroatoms. The Morgan fingerprint density at radius 1 is 1.10 bits per heavy atom. The number of carbonyl (C=O) groups excluding carboxylic acids is 2. The SMILES string of the molecule is C[C@@H](c1ccccc1)[C@@H](c1ncc(-c2ccc(I)cc2Cl)[nH]1)N1C(=O)N[C@H](c2ccc(OC[C@@H](O)CO)cc2)C1=O. The number of imide groups is 1. The first-order chi connectivity index (χ1) is 19.8. The lowest BCUT2D eigenvalue weighted by molar-refractivity contribution is -0.129. The van der Waals surface area contributed by atoms with Gasteiger partial charge in [-0.05, 0) is 58.0 Å². The minimum absolute atomic E-state index is 0.0691. The number of rotatable bonds is 10. The van der Waals surface area contributed by atoms with Gasteiger partial charge >= 0.3 is 6.03 Å². The van der Waals surface area contributed by atoms with Gasteiger partial charge in [0.2, 0.25) is 0 Å². The zero-order valence-corrected chi connectivity index (χ0v) is 24.9. The van der Waals surface area contributed by atoms with E-state index < -0.39 is 36.7 Å². The molecule has 1 aliphatic heterocycles. The van der Waals surface area contributed by atoms with Gasteiger partial charge in [0, 0.05) is 15.1 Å². The zero-order chi connectivity index (χ0) is 29.1. The lowest BCUT2D eigenvalue weighted by Gasteiger charge is -2.29. The predicted molar refractivity (Wildman–Crippen MR) is 162 cm³/mol. The first kappa shape index (κ1) is 29.1. The summed E-state index contributed by atoms with van der Waals surface area (Å²) in [5.74, 6) is 0.228. The third-order valence-corrected chi connectivity index (χ3v) is 8.00. The lowest BCUT2D eigenvalue weighted by atomic mass is 9.91. The van der Waals surface area contributed by atoms with E-state index in [-0.39, 0.29) is 12.5 Å². The Morgan fingerprint density at radius 3 is 2.51 bits per heavy atom. The zero-order valence-electron chi connectivity index (χ0n) is 22.0. The number of aliphatic hydroxyl groups excluding tert-OH is 2. The van der Waals surface area contributed by atoms with Gasteiger partial charge in [-0.1, -0.05) is 67.1 Å². The summed E-state index contributed by atoms with van der Waals surface area (Å²) in [6, 6.07) is 19.9. The molecule has 0 bridgehead atoms. The number of halogens is 2. The summed E-state index contributed by atoms with van der Waals surface area (Å²) < 4.78 is 6.46. The predicted octanol–water partition coefficient (Wildman–Crippen LogP) is 5.20. The first-order valence-corrected chi connectivity index (χ1v) is 14.4. The smallest absolute Gasteiger partial charge is 0.325 e. The number of benzene rings is 3. The maximum absolute atomic E-state index is 13.9. The number of ether oxygens (including phenoxy) is 1. The maximum Gasteiger partial charge on any atom is 0.325 e. The highest BCUT2D eigenvalue weighted by atomic mass is 127. The highest BCUT2D eigenvalue weighted by molar-refractivity contribution is 14.1. The molecular formula is C30H28ClIN4O5. The average molecular weight is 687 g/mol. The number of carbonyl (C=O) groups is 2. The van der Waals surface area contributed by atoms with E-state index in [1.165, 1.54) is 4.90 Å². The number of H-pyrrole nitrogens is 1. The van der Waals surface area contributed by atoms with Crippen LogP contribution in [0.15, 0.2) is 79.0 Å². The summed E-state index contributed by atoms with van der Waals surface area (Å²) in [7, 11) is 0. The molecule has 0 spiro atoms. The van der Waals surface area contributed by atoms with E-state index in [2.05, 4.69) is 37.9 Å². The van der Waals surface area contributed by atoms with Crippen LogP contribution in [0.25, 0.3) is 11.3 Å². The summed E-state index contributed by atoms with van der Waals surface area (Å²) in [4.78, 5) is 36.5. The third kappa shape index (κ3) is 6.25. The second-order valence-corrected chi connectivity index (χ2v) is 11.4. The molecule has 0 radical (unpaired) electrons. The topological polar surface area (TPSA) is 128 Å². The normalized spacial score (nSPS) is 17.3. The number of urea groups is 1. The van der Waals surface area contributed by atoms with Crippen molar-refractivity contribution in [3.8, 4) is 17.0 Å². The summed E-state index contributed by atoms with van der Waals surface area (Å²) in [5, 5.41) is 21.9. The molecule has 2 heterocycles. The largest absolute Gasteiger partial charge is 0.491 e. The van der Waals surface area contributed by atoms with Crippen molar-refractivity contribution >= 4 is 46.1 Å². The Labute approximate surface area is 255 Å². The molecule has 1 saturated heterocycles. The Morgan fingerprint density at radius 2 is 1.83 bits per heavy atom. The lowest BCUT2D eigenvalue weighted by Crippen LogP contribution is -2.38. The van der Waals surface area contributed by atoms with E-state index in [0.717, 1.165) is 14.7 Å². The molecule has 1 aromatic heterocycles.